The monoisotopic (exact) mass is 254 g/mol. The Morgan fingerprint density at radius 3 is 2.71 bits per heavy atom. The van der Waals surface area contributed by atoms with E-state index in [1.165, 1.54) is 0 Å². The van der Waals surface area contributed by atoms with Gasteiger partial charge in [0.1, 0.15) is 0 Å². The van der Waals surface area contributed by atoms with Crippen molar-refractivity contribution in [3.63, 3.8) is 0 Å². The lowest BCUT2D eigenvalue weighted by Crippen LogP contribution is -2.36. The maximum absolute atomic E-state index is 11.9. The Hall–Kier alpha value is -1.36. The third-order valence-corrected chi connectivity index (χ3v) is 3.33. The van der Waals surface area contributed by atoms with Crippen LogP contribution in [0, 0.1) is 6.92 Å². The van der Waals surface area contributed by atoms with Crippen LogP contribution in [-0.2, 0) is 10.8 Å². The van der Waals surface area contributed by atoms with Crippen LogP contribution in [0.15, 0.2) is 18.2 Å². The smallest absolute Gasteiger partial charge is 0.251 e. The molecule has 2 atom stereocenters. The van der Waals surface area contributed by atoms with Gasteiger partial charge in [-0.15, -0.1) is 0 Å². The number of benzene rings is 1. The predicted molar refractivity (Wildman–Crippen MR) is 71.5 cm³/mol. The molecular formula is C12H18N2O2S. The zero-order valence-corrected chi connectivity index (χ0v) is 11.1. The second kappa shape index (κ2) is 5.82. The lowest BCUT2D eigenvalue weighted by Gasteiger charge is -2.13. The van der Waals surface area contributed by atoms with Crippen LogP contribution >= 0.6 is 0 Å². The molecule has 0 fully saturated rings. The van der Waals surface area contributed by atoms with Crippen LogP contribution in [0.5, 0.6) is 0 Å². The molecule has 2 unspecified atom stereocenters. The van der Waals surface area contributed by atoms with Crippen molar-refractivity contribution in [2.75, 3.05) is 17.7 Å². The normalized spacial score (nSPS) is 14.1. The Morgan fingerprint density at radius 2 is 2.18 bits per heavy atom. The standard InChI is InChI=1S/C12H18N2O2S/c1-8-6-10(13)4-5-11(8)12(15)14-9(2)7-17(3)16/h4-6,9H,7,13H2,1-3H3,(H,14,15). The van der Waals surface area contributed by atoms with Gasteiger partial charge in [-0.05, 0) is 37.6 Å². The molecule has 0 aliphatic rings. The molecule has 1 aromatic carbocycles. The number of hydrogen-bond acceptors (Lipinski definition) is 3. The number of carbonyl (C=O) groups excluding carboxylic acids is 1. The number of nitrogens with one attached hydrogen (secondary N) is 1. The van der Waals surface area contributed by atoms with Gasteiger partial charge in [-0.1, -0.05) is 0 Å². The van der Waals surface area contributed by atoms with E-state index in [2.05, 4.69) is 5.32 Å². The van der Waals surface area contributed by atoms with E-state index in [4.69, 9.17) is 5.73 Å². The van der Waals surface area contributed by atoms with Crippen molar-refractivity contribution < 1.29 is 9.00 Å². The Bertz CT molecular complexity index is 446. The lowest BCUT2D eigenvalue weighted by atomic mass is 10.1. The van der Waals surface area contributed by atoms with Gasteiger partial charge < -0.3 is 11.1 Å². The fraction of sp³-hybridized carbons (Fsp3) is 0.417. The topological polar surface area (TPSA) is 72.2 Å². The highest BCUT2D eigenvalue weighted by atomic mass is 32.2. The summed E-state index contributed by atoms with van der Waals surface area (Å²) < 4.78 is 11.0. The first-order valence-electron chi connectivity index (χ1n) is 5.37. The van der Waals surface area contributed by atoms with Crippen molar-refractivity contribution in [3.8, 4) is 0 Å². The van der Waals surface area contributed by atoms with Crippen molar-refractivity contribution in [1.29, 1.82) is 0 Å². The van der Waals surface area contributed by atoms with Gasteiger partial charge in [0.05, 0.1) is 0 Å². The SMILES string of the molecule is Cc1cc(N)ccc1C(=O)NC(C)CS(C)=O. The molecular weight excluding hydrogens is 236 g/mol. The first-order valence-corrected chi connectivity index (χ1v) is 7.10. The molecule has 4 nitrogen and oxygen atoms in total. The van der Waals surface area contributed by atoms with E-state index in [9.17, 15) is 9.00 Å². The summed E-state index contributed by atoms with van der Waals surface area (Å²) in [6, 6.07) is 5.06. The summed E-state index contributed by atoms with van der Waals surface area (Å²) in [6.45, 7) is 3.68. The second-order valence-corrected chi connectivity index (χ2v) is 5.67. The summed E-state index contributed by atoms with van der Waals surface area (Å²) >= 11 is 0. The fourth-order valence-electron chi connectivity index (χ4n) is 1.64. The highest BCUT2D eigenvalue weighted by molar-refractivity contribution is 7.84. The first-order chi connectivity index (χ1) is 7.90. The quantitative estimate of drug-likeness (QED) is 0.790. The van der Waals surface area contributed by atoms with E-state index in [0.717, 1.165) is 5.56 Å². The Kier molecular flexibility index (Phi) is 4.69. The number of nitrogen functional groups attached to an aromatic ring is 1. The first kappa shape index (κ1) is 13.7. The van der Waals surface area contributed by atoms with Crippen molar-refractivity contribution in [1.82, 2.24) is 5.32 Å². The van der Waals surface area contributed by atoms with Crippen molar-refractivity contribution >= 4 is 22.4 Å². The zero-order chi connectivity index (χ0) is 13.0. The summed E-state index contributed by atoms with van der Waals surface area (Å²) in [5.74, 6) is 0.306. The molecule has 0 heterocycles. The molecule has 0 aromatic heterocycles. The van der Waals surface area contributed by atoms with E-state index in [-0.39, 0.29) is 11.9 Å². The fourth-order valence-corrected chi connectivity index (χ4v) is 2.42. The minimum absolute atomic E-state index is 0.106. The maximum Gasteiger partial charge on any atom is 0.251 e. The third-order valence-electron chi connectivity index (χ3n) is 2.36. The van der Waals surface area contributed by atoms with Crippen molar-refractivity contribution in [2.45, 2.75) is 19.9 Å². The van der Waals surface area contributed by atoms with E-state index in [1.807, 2.05) is 13.8 Å². The second-order valence-electron chi connectivity index (χ2n) is 4.19. The number of aryl methyl sites for hydroxylation is 1. The van der Waals surface area contributed by atoms with Gasteiger partial charge in [0, 0.05) is 40.1 Å². The van der Waals surface area contributed by atoms with Crippen LogP contribution in [0.25, 0.3) is 0 Å². The summed E-state index contributed by atoms with van der Waals surface area (Å²) in [5, 5.41) is 2.81. The molecule has 3 N–H and O–H groups in total. The van der Waals surface area contributed by atoms with Gasteiger partial charge in [-0.25, -0.2) is 0 Å². The van der Waals surface area contributed by atoms with E-state index < -0.39 is 10.8 Å². The molecule has 1 rings (SSSR count). The molecule has 17 heavy (non-hydrogen) atoms. The van der Waals surface area contributed by atoms with Crippen LogP contribution in [-0.4, -0.2) is 28.2 Å². The number of anilines is 1. The molecule has 0 aliphatic heterocycles. The average Bonchev–Trinajstić information content (AvgIpc) is 2.15. The van der Waals surface area contributed by atoms with E-state index in [1.54, 1.807) is 24.5 Å². The van der Waals surface area contributed by atoms with E-state index >= 15 is 0 Å². The van der Waals surface area contributed by atoms with Gasteiger partial charge in [0.25, 0.3) is 5.91 Å². The van der Waals surface area contributed by atoms with Crippen LogP contribution in [0.4, 0.5) is 5.69 Å². The summed E-state index contributed by atoms with van der Waals surface area (Å²) in [7, 11) is -0.912. The summed E-state index contributed by atoms with van der Waals surface area (Å²) in [4.78, 5) is 11.9. The molecule has 0 bridgehead atoms. The number of carbonyl (C=O) groups is 1. The van der Waals surface area contributed by atoms with Gasteiger partial charge in [-0.3, -0.25) is 9.00 Å². The molecule has 0 aliphatic carbocycles. The number of rotatable bonds is 4. The van der Waals surface area contributed by atoms with Gasteiger partial charge in [0.2, 0.25) is 0 Å². The van der Waals surface area contributed by atoms with Crippen LogP contribution in [0.3, 0.4) is 0 Å². The Balaban J connectivity index is 2.73. The third kappa shape index (κ3) is 4.19. The molecule has 0 spiro atoms. The van der Waals surface area contributed by atoms with Crippen LogP contribution in [0.1, 0.15) is 22.8 Å². The zero-order valence-electron chi connectivity index (χ0n) is 10.3. The molecule has 0 saturated carbocycles. The number of hydrogen-bond donors (Lipinski definition) is 2. The predicted octanol–water partition coefficient (Wildman–Crippen LogP) is 1.07. The largest absolute Gasteiger partial charge is 0.399 e. The molecule has 94 valence electrons. The summed E-state index contributed by atoms with van der Waals surface area (Å²) in [5.41, 5.74) is 7.71. The molecule has 5 heteroatoms. The molecule has 1 amide bonds. The molecule has 0 radical (unpaired) electrons. The lowest BCUT2D eigenvalue weighted by molar-refractivity contribution is 0.0943. The van der Waals surface area contributed by atoms with Crippen LogP contribution in [0.2, 0.25) is 0 Å². The average molecular weight is 254 g/mol. The minimum atomic E-state index is -0.912. The van der Waals surface area contributed by atoms with Crippen molar-refractivity contribution in [3.05, 3.63) is 29.3 Å². The highest BCUT2D eigenvalue weighted by Gasteiger charge is 2.12. The van der Waals surface area contributed by atoms with Crippen molar-refractivity contribution in [2.24, 2.45) is 0 Å². The van der Waals surface area contributed by atoms with Gasteiger partial charge >= 0.3 is 0 Å². The summed E-state index contributed by atoms with van der Waals surface area (Å²) in [6.07, 6.45) is 1.62. The molecule has 0 saturated heterocycles. The Labute approximate surface area is 104 Å². The van der Waals surface area contributed by atoms with Crippen LogP contribution < -0.4 is 11.1 Å². The Morgan fingerprint density at radius 1 is 1.53 bits per heavy atom. The van der Waals surface area contributed by atoms with Gasteiger partial charge in [0.15, 0.2) is 0 Å². The maximum atomic E-state index is 11.9. The number of nitrogens with two attached hydrogens (primary N) is 1. The number of amides is 1. The van der Waals surface area contributed by atoms with E-state index in [0.29, 0.717) is 17.0 Å². The molecule has 1 aromatic rings. The minimum Gasteiger partial charge on any atom is -0.399 e. The van der Waals surface area contributed by atoms with Gasteiger partial charge in [-0.2, -0.15) is 0 Å². The highest BCUT2D eigenvalue weighted by Crippen LogP contribution is 2.12.